The van der Waals surface area contributed by atoms with Gasteiger partial charge in [0.25, 0.3) is 23.6 Å². The first-order valence-corrected chi connectivity index (χ1v) is 24.1. The number of nitrogens with zero attached hydrogens (tertiary/aromatic N) is 4. The van der Waals surface area contributed by atoms with E-state index in [1.54, 1.807) is 45.2 Å². The molecule has 0 aromatic heterocycles. The Morgan fingerprint density at radius 1 is 0.475 bits per heavy atom. The highest BCUT2D eigenvalue weighted by Crippen LogP contribution is 2.40. The van der Waals surface area contributed by atoms with Crippen molar-refractivity contribution in [1.29, 1.82) is 0 Å². The van der Waals surface area contributed by atoms with Crippen LogP contribution >= 0.6 is 136 Å². The van der Waals surface area contributed by atoms with Crippen LogP contribution in [0.4, 0.5) is 11.4 Å². The maximum Gasteiger partial charge on any atom is 0.255 e. The van der Waals surface area contributed by atoms with Gasteiger partial charge in [-0.3, -0.25) is 28.8 Å². The molecule has 0 aliphatic carbocycles. The SMILES string of the molecule is CN(CC(O)CO)C(=O)c1c(I)c(C(=O)NCC(O)CO)c(I)c(N(C)C(=O)CC(=O)N(C)c2c(I)c(C(=O)NCC(O)CO)c(I)c(C(=O)N(C)CC(O)CO)c2I)c1I. The molecule has 0 fully saturated rings. The summed E-state index contributed by atoms with van der Waals surface area (Å²) in [6.45, 7) is -3.89. The van der Waals surface area contributed by atoms with Gasteiger partial charge in [0.05, 0.1) is 98.8 Å². The van der Waals surface area contributed by atoms with Gasteiger partial charge < -0.3 is 71.1 Å². The van der Waals surface area contributed by atoms with Crippen molar-refractivity contribution in [3.63, 3.8) is 0 Å². The van der Waals surface area contributed by atoms with Gasteiger partial charge in [0.1, 0.15) is 6.42 Å². The van der Waals surface area contributed by atoms with Gasteiger partial charge in [0.15, 0.2) is 0 Å². The van der Waals surface area contributed by atoms with Crippen molar-refractivity contribution < 1.29 is 69.6 Å². The molecule has 0 saturated carbocycles. The standard InChI is InChI=1S/C35H44I6N6O14/c1-44(8-16(54)12-50)34(60)22-24(36)20(32(58)42-6-14(52)10-48)26(38)30(28(22)40)46(3)18(56)5-19(57)47(4)31-27(39)21(33(59)43-7-15(53)11-49)25(37)23(29(31)41)35(61)45(2)9-17(55)13-51/h14-17,48-55H,5-13H2,1-4H3,(H,42,58)(H,43,59). The predicted molar refractivity (Wildman–Crippen MR) is 272 cm³/mol. The van der Waals surface area contributed by atoms with Crippen molar-refractivity contribution in [3.8, 4) is 0 Å². The van der Waals surface area contributed by atoms with E-state index >= 15 is 0 Å². The molecule has 20 nitrogen and oxygen atoms in total. The molecule has 0 aliphatic rings. The van der Waals surface area contributed by atoms with Gasteiger partial charge >= 0.3 is 0 Å². The lowest BCUT2D eigenvalue weighted by molar-refractivity contribution is -0.126. The molecule has 4 atom stereocenters. The van der Waals surface area contributed by atoms with Crippen molar-refractivity contribution in [2.45, 2.75) is 30.8 Å². The van der Waals surface area contributed by atoms with Gasteiger partial charge in [0, 0.05) is 61.5 Å². The molecule has 61 heavy (non-hydrogen) atoms. The summed E-state index contributed by atoms with van der Waals surface area (Å²) in [7, 11) is 5.37. The minimum Gasteiger partial charge on any atom is -0.394 e. The van der Waals surface area contributed by atoms with Crippen LogP contribution in [0.2, 0.25) is 0 Å². The average Bonchev–Trinajstić information content (AvgIpc) is 3.20. The fraction of sp³-hybridized carbons (Fsp3) is 0.486. The summed E-state index contributed by atoms with van der Waals surface area (Å²) in [5.74, 6) is -4.54. The molecule has 6 amide bonds. The molecule has 4 unspecified atom stereocenters. The van der Waals surface area contributed by atoms with Crippen LogP contribution in [0, 0.1) is 21.4 Å². The molecule has 26 heteroatoms. The zero-order chi connectivity index (χ0) is 46.8. The smallest absolute Gasteiger partial charge is 0.255 e. The summed E-state index contributed by atoms with van der Waals surface area (Å²) in [5, 5.41) is 82.2. The Labute approximate surface area is 432 Å². The molecule has 2 rings (SSSR count). The Hall–Kier alpha value is -0.680. The highest BCUT2D eigenvalue weighted by Gasteiger charge is 2.35. The Morgan fingerprint density at radius 2 is 0.754 bits per heavy atom. The molecule has 0 aliphatic heterocycles. The van der Waals surface area contributed by atoms with Gasteiger partial charge in [0.2, 0.25) is 11.8 Å². The third-order valence-electron chi connectivity index (χ3n) is 8.69. The van der Waals surface area contributed by atoms with E-state index in [0.29, 0.717) is 0 Å². The number of carbonyl (C=O) groups is 6. The molecular formula is C35H44I6N6O14. The summed E-state index contributed by atoms with van der Waals surface area (Å²) in [6, 6.07) is 0. The number of hydrogen-bond donors (Lipinski definition) is 10. The van der Waals surface area contributed by atoms with Crippen molar-refractivity contribution in [2.24, 2.45) is 0 Å². The number of aliphatic hydroxyl groups excluding tert-OH is 8. The van der Waals surface area contributed by atoms with Crippen molar-refractivity contribution in [2.75, 3.05) is 90.6 Å². The fourth-order valence-corrected chi connectivity index (χ4v) is 15.0. The van der Waals surface area contributed by atoms with Gasteiger partial charge in [-0.2, -0.15) is 0 Å². The topological polar surface area (TPSA) is 301 Å². The van der Waals surface area contributed by atoms with Crippen LogP contribution < -0.4 is 20.4 Å². The minimum absolute atomic E-state index is 0.0470. The number of nitrogens with one attached hydrogen (secondary N) is 2. The van der Waals surface area contributed by atoms with Crippen LogP contribution in [0.1, 0.15) is 47.9 Å². The number of halogens is 6. The fourth-order valence-electron chi connectivity index (χ4n) is 5.30. The van der Waals surface area contributed by atoms with E-state index in [1.165, 1.54) is 28.2 Å². The Balaban J connectivity index is 2.77. The maximum absolute atomic E-state index is 14.1. The van der Waals surface area contributed by atoms with Crippen LogP contribution in [0.25, 0.3) is 0 Å². The molecule has 2 aromatic carbocycles. The quantitative estimate of drug-likeness (QED) is 0.0583. The summed E-state index contributed by atoms with van der Waals surface area (Å²) < 4.78 is 1.02. The summed E-state index contributed by atoms with van der Waals surface area (Å²) >= 11 is 10.9. The van der Waals surface area contributed by atoms with E-state index in [0.717, 1.165) is 19.6 Å². The minimum atomic E-state index is -1.31. The van der Waals surface area contributed by atoms with E-state index in [1.807, 2.05) is 90.4 Å². The highest BCUT2D eigenvalue weighted by atomic mass is 127. The molecule has 340 valence electrons. The largest absolute Gasteiger partial charge is 0.394 e. The van der Waals surface area contributed by atoms with Gasteiger partial charge in [-0.1, -0.05) is 0 Å². The number of anilines is 2. The normalized spacial score (nSPS) is 13.1. The number of aliphatic hydroxyl groups is 8. The zero-order valence-electron chi connectivity index (χ0n) is 32.8. The number of hydrogen-bond acceptors (Lipinski definition) is 14. The second-order valence-corrected chi connectivity index (χ2v) is 19.8. The van der Waals surface area contributed by atoms with Gasteiger partial charge in [-0.15, -0.1) is 0 Å². The van der Waals surface area contributed by atoms with Crippen LogP contribution in [0.5, 0.6) is 0 Å². The molecular weight excluding hydrogens is 1490 g/mol. The Morgan fingerprint density at radius 3 is 1.03 bits per heavy atom. The average molecular weight is 1530 g/mol. The van der Waals surface area contributed by atoms with Gasteiger partial charge in [-0.05, 0) is 136 Å². The summed E-state index contributed by atoms with van der Waals surface area (Å²) in [4.78, 5) is 87.6. The lowest BCUT2D eigenvalue weighted by Crippen LogP contribution is -2.40. The van der Waals surface area contributed by atoms with E-state index in [2.05, 4.69) is 10.6 Å². The molecule has 0 radical (unpaired) electrons. The number of rotatable bonds is 20. The van der Waals surface area contributed by atoms with Crippen LogP contribution in [0.3, 0.4) is 0 Å². The van der Waals surface area contributed by atoms with Crippen molar-refractivity contribution >= 4 is 182 Å². The molecule has 0 saturated heterocycles. The first kappa shape index (κ1) is 56.4. The monoisotopic (exact) mass is 1530 g/mol. The Kier molecular flexibility index (Phi) is 23.9. The van der Waals surface area contributed by atoms with E-state index in [9.17, 15) is 69.6 Å². The maximum atomic E-state index is 14.1. The van der Waals surface area contributed by atoms with E-state index < -0.39 is 92.7 Å². The number of amides is 6. The van der Waals surface area contributed by atoms with Crippen LogP contribution in [-0.4, -0.2) is 191 Å². The summed E-state index contributed by atoms with van der Waals surface area (Å²) in [5.41, 5.74) is -0.129. The van der Waals surface area contributed by atoms with E-state index in [-0.39, 0.29) is 81.2 Å². The zero-order valence-corrected chi connectivity index (χ0v) is 45.7. The second kappa shape index (κ2) is 25.9. The number of likely N-dealkylation sites (N-methyl/N-ethyl adjacent to an activating group) is 2. The van der Waals surface area contributed by atoms with Crippen molar-refractivity contribution in [3.05, 3.63) is 43.7 Å². The lowest BCUT2D eigenvalue weighted by atomic mass is 10.1. The molecule has 0 spiro atoms. The van der Waals surface area contributed by atoms with Crippen LogP contribution in [-0.2, 0) is 9.59 Å². The molecule has 0 bridgehead atoms. The Bertz CT molecular complexity index is 1860. The van der Waals surface area contributed by atoms with Crippen molar-refractivity contribution in [1.82, 2.24) is 20.4 Å². The number of benzene rings is 2. The lowest BCUT2D eigenvalue weighted by Gasteiger charge is -2.29. The van der Waals surface area contributed by atoms with E-state index in [4.69, 9.17) is 0 Å². The van der Waals surface area contributed by atoms with Crippen LogP contribution in [0.15, 0.2) is 0 Å². The van der Waals surface area contributed by atoms with Gasteiger partial charge in [-0.25, -0.2) is 0 Å². The predicted octanol–water partition coefficient (Wildman–Crippen LogP) is -0.653. The third-order valence-corrected chi connectivity index (χ3v) is 15.1. The molecule has 2 aromatic rings. The number of carbonyl (C=O) groups excluding carboxylic acids is 6. The third kappa shape index (κ3) is 14.2. The second-order valence-electron chi connectivity index (χ2n) is 13.3. The highest BCUT2D eigenvalue weighted by molar-refractivity contribution is 14.1. The molecule has 10 N–H and O–H groups in total. The first-order chi connectivity index (χ1) is 28.4. The summed E-state index contributed by atoms with van der Waals surface area (Å²) in [6.07, 6.45) is -6.02. The molecule has 0 heterocycles. The first-order valence-electron chi connectivity index (χ1n) is 17.6.